The van der Waals surface area contributed by atoms with Gasteiger partial charge in [0.2, 0.25) is 11.8 Å². The molecule has 1 aliphatic rings. The molecule has 0 unspecified atom stereocenters. The number of hydrogen-bond donors (Lipinski definition) is 1. The van der Waals surface area contributed by atoms with Crippen molar-refractivity contribution in [2.45, 2.75) is 19.4 Å². The Hall–Kier alpha value is -2.40. The van der Waals surface area contributed by atoms with Crippen molar-refractivity contribution in [3.8, 4) is 0 Å². The summed E-state index contributed by atoms with van der Waals surface area (Å²) in [6.07, 6.45) is 1.01. The summed E-state index contributed by atoms with van der Waals surface area (Å²) in [7, 11) is 1.69. The molecule has 0 aliphatic heterocycles. The number of carbonyl (C=O) groups excluding carboxylic acids is 2. The SMILES string of the molecule is CN(Cc1ccccc1)C(=O)C1(C(=O)Nc2ccc(F)c(Cl)c2)CC1. The summed E-state index contributed by atoms with van der Waals surface area (Å²) in [5, 5.41) is 2.60. The van der Waals surface area contributed by atoms with E-state index in [1.165, 1.54) is 18.2 Å². The fourth-order valence-corrected chi connectivity index (χ4v) is 2.96. The maximum atomic E-state index is 13.2. The average Bonchev–Trinajstić information content (AvgIpc) is 3.40. The van der Waals surface area contributed by atoms with E-state index in [4.69, 9.17) is 11.6 Å². The van der Waals surface area contributed by atoms with E-state index in [0.29, 0.717) is 25.1 Å². The van der Waals surface area contributed by atoms with E-state index >= 15 is 0 Å². The number of rotatable bonds is 5. The van der Waals surface area contributed by atoms with E-state index in [0.717, 1.165) is 5.56 Å². The third kappa shape index (κ3) is 3.66. The number of nitrogens with one attached hydrogen (secondary N) is 1. The Kier molecular flexibility index (Phi) is 4.77. The standard InChI is InChI=1S/C19H18ClFN2O2/c1-23(12-13-5-3-2-4-6-13)18(25)19(9-10-19)17(24)22-14-7-8-16(21)15(20)11-14/h2-8,11H,9-10,12H2,1H3,(H,22,24). The molecular formula is C19H18ClFN2O2. The first-order valence-electron chi connectivity index (χ1n) is 7.98. The fraction of sp³-hybridized carbons (Fsp3) is 0.263. The Morgan fingerprint density at radius 2 is 1.88 bits per heavy atom. The van der Waals surface area contributed by atoms with Crippen LogP contribution in [0.25, 0.3) is 0 Å². The van der Waals surface area contributed by atoms with Crippen LogP contribution in [0.4, 0.5) is 10.1 Å². The van der Waals surface area contributed by atoms with E-state index in [-0.39, 0.29) is 16.8 Å². The van der Waals surface area contributed by atoms with E-state index in [1.807, 2.05) is 30.3 Å². The Balaban J connectivity index is 1.69. The van der Waals surface area contributed by atoms with Gasteiger partial charge in [-0.05, 0) is 36.6 Å². The van der Waals surface area contributed by atoms with Crippen LogP contribution in [-0.2, 0) is 16.1 Å². The van der Waals surface area contributed by atoms with Crippen molar-refractivity contribution in [1.82, 2.24) is 4.90 Å². The van der Waals surface area contributed by atoms with Gasteiger partial charge in [0.25, 0.3) is 0 Å². The van der Waals surface area contributed by atoms with Crippen LogP contribution in [0.15, 0.2) is 48.5 Å². The zero-order valence-electron chi connectivity index (χ0n) is 13.8. The molecule has 0 heterocycles. The lowest BCUT2D eigenvalue weighted by atomic mass is 10.0. The van der Waals surface area contributed by atoms with Crippen LogP contribution >= 0.6 is 11.6 Å². The molecule has 3 rings (SSSR count). The summed E-state index contributed by atoms with van der Waals surface area (Å²) in [5.74, 6) is -1.14. The molecule has 1 aliphatic carbocycles. The first-order chi connectivity index (χ1) is 11.9. The maximum absolute atomic E-state index is 13.2. The highest BCUT2D eigenvalue weighted by Gasteiger charge is 2.57. The molecule has 1 fully saturated rings. The number of halogens is 2. The summed E-state index contributed by atoms with van der Waals surface area (Å²) in [4.78, 5) is 26.9. The molecule has 0 aromatic heterocycles. The van der Waals surface area contributed by atoms with Gasteiger partial charge in [0.15, 0.2) is 0 Å². The molecule has 1 saturated carbocycles. The van der Waals surface area contributed by atoms with Gasteiger partial charge in [-0.2, -0.15) is 0 Å². The molecule has 0 atom stereocenters. The second-order valence-corrected chi connectivity index (χ2v) is 6.72. The molecule has 2 aromatic rings. The molecule has 2 amide bonds. The largest absolute Gasteiger partial charge is 0.340 e. The van der Waals surface area contributed by atoms with E-state index < -0.39 is 11.2 Å². The molecule has 1 N–H and O–H groups in total. The van der Waals surface area contributed by atoms with Crippen molar-refractivity contribution in [2.24, 2.45) is 5.41 Å². The van der Waals surface area contributed by atoms with Gasteiger partial charge in [-0.15, -0.1) is 0 Å². The van der Waals surface area contributed by atoms with Crippen LogP contribution in [0.3, 0.4) is 0 Å². The summed E-state index contributed by atoms with van der Waals surface area (Å²) >= 11 is 5.73. The zero-order chi connectivity index (χ0) is 18.0. The minimum atomic E-state index is -1.04. The van der Waals surface area contributed by atoms with Gasteiger partial charge in [-0.25, -0.2) is 4.39 Å². The van der Waals surface area contributed by atoms with E-state index in [2.05, 4.69) is 5.32 Å². The Morgan fingerprint density at radius 1 is 1.20 bits per heavy atom. The third-order valence-electron chi connectivity index (χ3n) is 4.38. The highest BCUT2D eigenvalue weighted by Crippen LogP contribution is 2.48. The van der Waals surface area contributed by atoms with Gasteiger partial charge < -0.3 is 10.2 Å². The zero-order valence-corrected chi connectivity index (χ0v) is 14.5. The van der Waals surface area contributed by atoms with Gasteiger partial charge in [0.05, 0.1) is 5.02 Å². The lowest BCUT2D eigenvalue weighted by molar-refractivity contribution is -0.141. The van der Waals surface area contributed by atoms with Crippen molar-refractivity contribution < 1.29 is 14.0 Å². The average molecular weight is 361 g/mol. The van der Waals surface area contributed by atoms with Crippen molar-refractivity contribution >= 4 is 29.1 Å². The van der Waals surface area contributed by atoms with Crippen LogP contribution in [0.2, 0.25) is 5.02 Å². The van der Waals surface area contributed by atoms with Gasteiger partial charge in [0, 0.05) is 19.3 Å². The summed E-state index contributed by atoms with van der Waals surface area (Å²) < 4.78 is 13.2. The molecule has 4 nitrogen and oxygen atoms in total. The van der Waals surface area contributed by atoms with Crippen LogP contribution in [0, 0.1) is 11.2 Å². The minimum Gasteiger partial charge on any atom is -0.340 e. The highest BCUT2D eigenvalue weighted by molar-refractivity contribution is 6.31. The number of amides is 2. The van der Waals surface area contributed by atoms with Crippen LogP contribution in [0.5, 0.6) is 0 Å². The van der Waals surface area contributed by atoms with Gasteiger partial charge in [-0.1, -0.05) is 41.9 Å². The van der Waals surface area contributed by atoms with Crippen molar-refractivity contribution in [1.29, 1.82) is 0 Å². The van der Waals surface area contributed by atoms with E-state index in [9.17, 15) is 14.0 Å². The lowest BCUT2D eigenvalue weighted by Gasteiger charge is -2.23. The Bertz CT molecular complexity index is 806. The Morgan fingerprint density at radius 3 is 2.48 bits per heavy atom. The fourth-order valence-electron chi connectivity index (χ4n) is 2.78. The molecule has 0 spiro atoms. The number of anilines is 1. The Labute approximate surface area is 150 Å². The summed E-state index contributed by atoms with van der Waals surface area (Å²) in [6.45, 7) is 0.442. The minimum absolute atomic E-state index is 0.0739. The molecule has 6 heteroatoms. The van der Waals surface area contributed by atoms with Crippen LogP contribution in [0.1, 0.15) is 18.4 Å². The molecule has 25 heavy (non-hydrogen) atoms. The maximum Gasteiger partial charge on any atom is 0.240 e. The molecule has 2 aromatic carbocycles. The summed E-state index contributed by atoms with van der Waals surface area (Å²) in [5.41, 5.74) is 0.339. The second kappa shape index (κ2) is 6.84. The lowest BCUT2D eigenvalue weighted by Crippen LogP contribution is -2.40. The van der Waals surface area contributed by atoms with Crippen molar-refractivity contribution in [3.05, 3.63) is 64.9 Å². The third-order valence-corrected chi connectivity index (χ3v) is 4.67. The molecule has 0 saturated heterocycles. The molecule has 0 bridgehead atoms. The number of nitrogens with zero attached hydrogens (tertiary/aromatic N) is 1. The van der Waals surface area contributed by atoms with Crippen molar-refractivity contribution in [3.63, 3.8) is 0 Å². The monoisotopic (exact) mass is 360 g/mol. The second-order valence-electron chi connectivity index (χ2n) is 6.31. The quantitative estimate of drug-likeness (QED) is 0.823. The highest BCUT2D eigenvalue weighted by atomic mass is 35.5. The molecule has 0 radical (unpaired) electrons. The number of carbonyl (C=O) groups is 2. The normalized spacial score (nSPS) is 14.7. The topological polar surface area (TPSA) is 49.4 Å². The first-order valence-corrected chi connectivity index (χ1v) is 8.36. The van der Waals surface area contributed by atoms with Crippen molar-refractivity contribution in [2.75, 3.05) is 12.4 Å². The van der Waals surface area contributed by atoms with E-state index in [1.54, 1.807) is 11.9 Å². The van der Waals surface area contributed by atoms with Gasteiger partial charge >= 0.3 is 0 Å². The van der Waals surface area contributed by atoms with Gasteiger partial charge in [-0.3, -0.25) is 9.59 Å². The van der Waals surface area contributed by atoms with Crippen LogP contribution in [-0.4, -0.2) is 23.8 Å². The predicted molar refractivity (Wildman–Crippen MR) is 94.6 cm³/mol. The number of hydrogen-bond acceptors (Lipinski definition) is 2. The smallest absolute Gasteiger partial charge is 0.240 e. The molecular weight excluding hydrogens is 343 g/mol. The predicted octanol–water partition coefficient (Wildman–Crippen LogP) is 3.86. The first kappa shape index (κ1) is 17.4. The molecule has 130 valence electrons. The number of benzene rings is 2. The van der Waals surface area contributed by atoms with Crippen LogP contribution < -0.4 is 5.32 Å². The van der Waals surface area contributed by atoms with Gasteiger partial charge in [0.1, 0.15) is 11.2 Å². The summed E-state index contributed by atoms with van der Waals surface area (Å²) in [6, 6.07) is 13.5.